The molecule has 2 rings (SSSR count). The summed E-state index contributed by atoms with van der Waals surface area (Å²) in [5.74, 6) is -0.486. The lowest BCUT2D eigenvalue weighted by atomic mass is 10.3. The maximum Gasteiger partial charge on any atom is 0.263 e. The first-order valence-corrected chi connectivity index (χ1v) is 8.26. The quantitative estimate of drug-likeness (QED) is 0.814. The Hall–Kier alpha value is -0.820. The molecule has 20 heavy (non-hydrogen) atoms. The molecule has 2 aromatic carbocycles. The van der Waals surface area contributed by atoms with Gasteiger partial charge in [-0.25, -0.2) is 12.8 Å². The third-order valence-electron chi connectivity index (χ3n) is 2.36. The van der Waals surface area contributed by atoms with Gasteiger partial charge < -0.3 is 0 Å². The number of sulfonamides is 1. The van der Waals surface area contributed by atoms with Crippen LogP contribution in [0.5, 0.6) is 0 Å². The van der Waals surface area contributed by atoms with Crippen LogP contribution in [0.2, 0.25) is 10.0 Å². The molecular weight excluding hydrogens is 392 g/mol. The lowest BCUT2D eigenvalue weighted by Crippen LogP contribution is -2.14. The zero-order valence-electron chi connectivity index (χ0n) is 9.70. The highest BCUT2D eigenvalue weighted by atomic mass is 79.9. The average Bonchev–Trinajstić information content (AvgIpc) is 2.35. The smallest absolute Gasteiger partial charge is 0.263 e. The summed E-state index contributed by atoms with van der Waals surface area (Å²) < 4.78 is 40.1. The van der Waals surface area contributed by atoms with Crippen molar-refractivity contribution in [2.24, 2.45) is 0 Å². The lowest BCUT2D eigenvalue weighted by Gasteiger charge is -2.11. The van der Waals surface area contributed by atoms with Crippen LogP contribution in [-0.4, -0.2) is 8.42 Å². The second-order valence-corrected chi connectivity index (χ2v) is 7.15. The van der Waals surface area contributed by atoms with Crippen molar-refractivity contribution in [1.29, 1.82) is 0 Å². The van der Waals surface area contributed by atoms with Gasteiger partial charge in [-0.2, -0.15) is 0 Å². The van der Waals surface area contributed by atoms with E-state index in [0.29, 0.717) is 0 Å². The van der Waals surface area contributed by atoms with Gasteiger partial charge in [-0.1, -0.05) is 23.2 Å². The Bertz CT molecular complexity index is 768. The van der Waals surface area contributed by atoms with E-state index in [1.54, 1.807) is 0 Å². The van der Waals surface area contributed by atoms with Crippen LogP contribution in [0, 0.1) is 5.82 Å². The van der Waals surface area contributed by atoms with Crippen LogP contribution in [0.1, 0.15) is 0 Å². The maximum atomic E-state index is 13.0. The molecule has 0 aromatic heterocycles. The molecule has 0 atom stereocenters. The minimum absolute atomic E-state index is 0.0418. The standard InChI is InChI=1S/C12H7BrCl2FNO2S/c13-9-6-8(16)2-4-11(9)17-20(18,19)12-5-7(14)1-3-10(12)15/h1-6,17H. The van der Waals surface area contributed by atoms with E-state index in [9.17, 15) is 12.8 Å². The molecule has 1 N–H and O–H groups in total. The minimum Gasteiger partial charge on any atom is -0.278 e. The van der Waals surface area contributed by atoms with Gasteiger partial charge in [0.25, 0.3) is 10.0 Å². The molecule has 0 spiro atoms. The zero-order valence-corrected chi connectivity index (χ0v) is 13.6. The van der Waals surface area contributed by atoms with E-state index in [1.807, 2.05) is 0 Å². The Balaban J connectivity index is 2.43. The summed E-state index contributed by atoms with van der Waals surface area (Å²) in [7, 11) is -3.92. The molecule has 0 saturated heterocycles. The van der Waals surface area contributed by atoms with Crippen LogP contribution in [-0.2, 0) is 10.0 Å². The summed E-state index contributed by atoms with van der Waals surface area (Å²) in [6, 6.07) is 7.70. The average molecular weight is 399 g/mol. The fourth-order valence-electron chi connectivity index (χ4n) is 1.46. The monoisotopic (exact) mass is 397 g/mol. The van der Waals surface area contributed by atoms with Crippen molar-refractivity contribution in [3.8, 4) is 0 Å². The molecule has 0 unspecified atom stereocenters. The Morgan fingerprint density at radius 2 is 1.80 bits per heavy atom. The number of rotatable bonds is 3. The lowest BCUT2D eigenvalue weighted by molar-refractivity contribution is 0.601. The SMILES string of the molecule is O=S(=O)(Nc1ccc(F)cc1Br)c1cc(Cl)ccc1Cl. The molecule has 0 heterocycles. The molecule has 0 aliphatic carbocycles. The molecule has 106 valence electrons. The van der Waals surface area contributed by atoms with Crippen molar-refractivity contribution in [2.45, 2.75) is 4.90 Å². The molecule has 0 aliphatic heterocycles. The van der Waals surface area contributed by atoms with Crippen LogP contribution in [0.15, 0.2) is 45.8 Å². The van der Waals surface area contributed by atoms with Gasteiger partial charge >= 0.3 is 0 Å². The zero-order chi connectivity index (χ0) is 14.9. The molecule has 0 fully saturated rings. The maximum absolute atomic E-state index is 13.0. The van der Waals surface area contributed by atoms with E-state index < -0.39 is 15.8 Å². The van der Waals surface area contributed by atoms with E-state index in [-0.39, 0.29) is 25.1 Å². The molecule has 0 saturated carbocycles. The molecule has 2 aromatic rings. The number of nitrogens with one attached hydrogen (secondary N) is 1. The van der Waals surface area contributed by atoms with Crippen LogP contribution in [0.4, 0.5) is 10.1 Å². The van der Waals surface area contributed by atoms with Gasteiger partial charge in [-0.05, 0) is 52.3 Å². The Morgan fingerprint density at radius 1 is 1.10 bits per heavy atom. The summed E-state index contributed by atoms with van der Waals surface area (Å²) in [6.45, 7) is 0. The second-order valence-electron chi connectivity index (χ2n) is 3.80. The molecule has 0 radical (unpaired) electrons. The summed E-state index contributed by atoms with van der Waals surface area (Å²) >= 11 is 14.7. The Morgan fingerprint density at radius 3 is 2.45 bits per heavy atom. The number of benzene rings is 2. The Kier molecular flexibility index (Phi) is 4.59. The Labute approximate surface area is 133 Å². The first kappa shape index (κ1) is 15.6. The van der Waals surface area contributed by atoms with Crippen molar-refractivity contribution >= 4 is 54.8 Å². The second kappa shape index (κ2) is 5.89. The van der Waals surface area contributed by atoms with Crippen LogP contribution in [0.25, 0.3) is 0 Å². The van der Waals surface area contributed by atoms with E-state index in [0.717, 1.165) is 12.1 Å². The highest BCUT2D eigenvalue weighted by Crippen LogP contribution is 2.29. The van der Waals surface area contributed by atoms with Crippen molar-refractivity contribution in [2.75, 3.05) is 4.72 Å². The fourth-order valence-corrected chi connectivity index (χ4v) is 3.88. The van der Waals surface area contributed by atoms with Crippen LogP contribution >= 0.6 is 39.1 Å². The first-order chi connectivity index (χ1) is 9.29. The summed E-state index contributed by atoms with van der Waals surface area (Å²) in [4.78, 5) is -0.150. The molecule has 0 amide bonds. The van der Waals surface area contributed by atoms with Gasteiger partial charge in [0.05, 0.1) is 10.7 Å². The van der Waals surface area contributed by atoms with Crippen molar-refractivity contribution in [3.63, 3.8) is 0 Å². The highest BCUT2D eigenvalue weighted by molar-refractivity contribution is 9.10. The largest absolute Gasteiger partial charge is 0.278 e. The summed E-state index contributed by atoms with van der Waals surface area (Å²) in [5.41, 5.74) is 0.197. The predicted molar refractivity (Wildman–Crippen MR) is 81.4 cm³/mol. The highest BCUT2D eigenvalue weighted by Gasteiger charge is 2.19. The van der Waals surface area contributed by atoms with Gasteiger partial charge in [-0.3, -0.25) is 4.72 Å². The van der Waals surface area contributed by atoms with Crippen LogP contribution < -0.4 is 4.72 Å². The molecule has 0 aliphatic rings. The molecule has 8 heteroatoms. The van der Waals surface area contributed by atoms with Crippen molar-refractivity contribution in [1.82, 2.24) is 0 Å². The summed E-state index contributed by atoms with van der Waals surface area (Å²) in [6.07, 6.45) is 0. The van der Waals surface area contributed by atoms with Crippen molar-refractivity contribution < 1.29 is 12.8 Å². The van der Waals surface area contributed by atoms with Gasteiger partial charge in [0.1, 0.15) is 10.7 Å². The number of hydrogen-bond acceptors (Lipinski definition) is 2. The fraction of sp³-hybridized carbons (Fsp3) is 0. The number of hydrogen-bond donors (Lipinski definition) is 1. The third kappa shape index (κ3) is 3.44. The molecular formula is C12H7BrCl2FNO2S. The third-order valence-corrected chi connectivity index (χ3v) is 5.10. The summed E-state index contributed by atoms with van der Waals surface area (Å²) in [5, 5.41) is 0.285. The predicted octanol–water partition coefficient (Wildman–Crippen LogP) is 4.70. The van der Waals surface area contributed by atoms with E-state index >= 15 is 0 Å². The van der Waals surface area contributed by atoms with Gasteiger partial charge in [0, 0.05) is 9.50 Å². The molecule has 0 bridgehead atoms. The minimum atomic E-state index is -3.92. The van der Waals surface area contributed by atoms with Gasteiger partial charge in [0.15, 0.2) is 0 Å². The van der Waals surface area contributed by atoms with Gasteiger partial charge in [0.2, 0.25) is 0 Å². The van der Waals surface area contributed by atoms with Crippen LogP contribution in [0.3, 0.4) is 0 Å². The molecule has 3 nitrogen and oxygen atoms in total. The number of halogens is 4. The van der Waals surface area contributed by atoms with E-state index in [1.165, 1.54) is 24.3 Å². The number of anilines is 1. The normalized spacial score (nSPS) is 11.4. The van der Waals surface area contributed by atoms with Crippen molar-refractivity contribution in [3.05, 3.63) is 56.7 Å². The van der Waals surface area contributed by atoms with E-state index in [2.05, 4.69) is 20.7 Å². The van der Waals surface area contributed by atoms with E-state index in [4.69, 9.17) is 23.2 Å². The topological polar surface area (TPSA) is 46.2 Å². The first-order valence-electron chi connectivity index (χ1n) is 5.22. The van der Waals surface area contributed by atoms with Gasteiger partial charge in [-0.15, -0.1) is 0 Å².